The first-order chi connectivity index (χ1) is 7.85. The van der Waals surface area contributed by atoms with Gasteiger partial charge in [0.2, 0.25) is 0 Å². The fourth-order valence-corrected chi connectivity index (χ4v) is 2.02. The summed E-state index contributed by atoms with van der Waals surface area (Å²) in [6.45, 7) is 4.19. The monoisotopic (exact) mass is 225 g/mol. The maximum absolute atomic E-state index is 5.75. The van der Waals surface area contributed by atoms with Crippen molar-refractivity contribution in [3.05, 3.63) is 12.7 Å². The molecule has 0 atom stereocenters. The van der Waals surface area contributed by atoms with Gasteiger partial charge in [0.25, 0.3) is 0 Å². The molecule has 5 nitrogen and oxygen atoms in total. The SMILES string of the molecule is CCCCCC1(Cn2cncn2)OCCO1. The van der Waals surface area contributed by atoms with Gasteiger partial charge in [0.1, 0.15) is 12.7 Å². The maximum Gasteiger partial charge on any atom is 0.188 e. The molecule has 0 radical (unpaired) electrons. The molecule has 1 saturated heterocycles. The second kappa shape index (κ2) is 5.41. The number of aromatic nitrogens is 3. The maximum atomic E-state index is 5.75. The molecule has 1 aromatic rings. The number of hydrogen-bond donors (Lipinski definition) is 0. The Hall–Kier alpha value is -0.940. The molecule has 0 amide bonds. The van der Waals surface area contributed by atoms with E-state index >= 15 is 0 Å². The standard InChI is InChI=1S/C11H19N3O2/c1-2-3-4-5-11(15-6-7-16-11)8-14-10-12-9-13-14/h9-10H,2-8H2,1H3. The lowest BCUT2D eigenvalue weighted by Gasteiger charge is -2.27. The Morgan fingerprint density at radius 1 is 1.31 bits per heavy atom. The zero-order valence-corrected chi connectivity index (χ0v) is 9.76. The summed E-state index contributed by atoms with van der Waals surface area (Å²) in [5, 5.41) is 4.10. The summed E-state index contributed by atoms with van der Waals surface area (Å²) in [5.74, 6) is -0.469. The summed E-state index contributed by atoms with van der Waals surface area (Å²) in [6, 6.07) is 0. The minimum Gasteiger partial charge on any atom is -0.346 e. The van der Waals surface area contributed by atoms with Crippen molar-refractivity contribution in [1.29, 1.82) is 0 Å². The summed E-state index contributed by atoms with van der Waals surface area (Å²) in [6.07, 6.45) is 7.72. The third kappa shape index (κ3) is 2.80. The number of ether oxygens (including phenoxy) is 2. The van der Waals surface area contributed by atoms with E-state index in [-0.39, 0.29) is 0 Å². The highest BCUT2D eigenvalue weighted by atomic mass is 16.7. The van der Waals surface area contributed by atoms with Crippen molar-refractivity contribution in [2.75, 3.05) is 13.2 Å². The molecule has 0 aliphatic carbocycles. The molecule has 1 aliphatic heterocycles. The molecule has 1 aromatic heterocycles. The molecular weight excluding hydrogens is 206 g/mol. The fourth-order valence-electron chi connectivity index (χ4n) is 2.02. The van der Waals surface area contributed by atoms with E-state index in [4.69, 9.17) is 9.47 Å². The summed E-state index contributed by atoms with van der Waals surface area (Å²) in [5.41, 5.74) is 0. The molecule has 0 bridgehead atoms. The van der Waals surface area contributed by atoms with E-state index < -0.39 is 5.79 Å². The smallest absolute Gasteiger partial charge is 0.188 e. The van der Waals surface area contributed by atoms with E-state index in [1.807, 2.05) is 0 Å². The van der Waals surface area contributed by atoms with Gasteiger partial charge in [-0.15, -0.1) is 0 Å². The van der Waals surface area contributed by atoms with Crippen LogP contribution in [0.3, 0.4) is 0 Å². The van der Waals surface area contributed by atoms with Crippen LogP contribution in [-0.2, 0) is 16.0 Å². The molecule has 1 fully saturated rings. The van der Waals surface area contributed by atoms with Gasteiger partial charge in [0, 0.05) is 6.42 Å². The molecule has 90 valence electrons. The Balaban J connectivity index is 1.92. The highest BCUT2D eigenvalue weighted by Gasteiger charge is 2.36. The number of hydrogen-bond acceptors (Lipinski definition) is 4. The first kappa shape index (κ1) is 11.5. The van der Waals surface area contributed by atoms with Gasteiger partial charge in [-0.1, -0.05) is 19.8 Å². The molecule has 1 aliphatic rings. The van der Waals surface area contributed by atoms with E-state index in [0.717, 1.165) is 12.8 Å². The van der Waals surface area contributed by atoms with Crippen LogP contribution in [0.1, 0.15) is 32.6 Å². The summed E-state index contributed by atoms with van der Waals surface area (Å²) < 4.78 is 13.3. The second-order valence-electron chi connectivity index (χ2n) is 4.16. The number of unbranched alkanes of at least 4 members (excludes halogenated alkanes) is 2. The molecule has 0 unspecified atom stereocenters. The minimum atomic E-state index is -0.469. The highest BCUT2D eigenvalue weighted by molar-refractivity contribution is 4.75. The largest absolute Gasteiger partial charge is 0.346 e. The molecule has 2 rings (SSSR count). The van der Waals surface area contributed by atoms with Crippen LogP contribution in [0.25, 0.3) is 0 Å². The van der Waals surface area contributed by atoms with Crippen LogP contribution in [0.15, 0.2) is 12.7 Å². The quantitative estimate of drug-likeness (QED) is 0.690. The van der Waals surface area contributed by atoms with Crippen LogP contribution in [0.4, 0.5) is 0 Å². The normalized spacial score (nSPS) is 19.1. The Bertz CT molecular complexity index is 294. The van der Waals surface area contributed by atoms with Crippen molar-refractivity contribution in [3.63, 3.8) is 0 Å². The van der Waals surface area contributed by atoms with Crippen molar-refractivity contribution >= 4 is 0 Å². The Morgan fingerprint density at radius 3 is 2.75 bits per heavy atom. The van der Waals surface area contributed by atoms with E-state index in [2.05, 4.69) is 17.0 Å². The van der Waals surface area contributed by atoms with Crippen LogP contribution in [0.2, 0.25) is 0 Å². The Kier molecular flexibility index (Phi) is 3.90. The lowest BCUT2D eigenvalue weighted by Crippen LogP contribution is -2.35. The molecule has 0 N–H and O–H groups in total. The lowest BCUT2D eigenvalue weighted by atomic mass is 10.1. The van der Waals surface area contributed by atoms with Gasteiger partial charge in [-0.2, -0.15) is 5.10 Å². The van der Waals surface area contributed by atoms with Crippen molar-refractivity contribution in [3.8, 4) is 0 Å². The van der Waals surface area contributed by atoms with Gasteiger partial charge >= 0.3 is 0 Å². The first-order valence-electron chi connectivity index (χ1n) is 5.95. The topological polar surface area (TPSA) is 49.2 Å². The molecule has 2 heterocycles. The predicted octanol–water partition coefficient (Wildman–Crippen LogP) is 1.60. The summed E-state index contributed by atoms with van der Waals surface area (Å²) in [7, 11) is 0. The van der Waals surface area contributed by atoms with Crippen LogP contribution in [-0.4, -0.2) is 33.8 Å². The average Bonchev–Trinajstić information content (AvgIpc) is 2.91. The molecule has 5 heteroatoms. The van der Waals surface area contributed by atoms with Gasteiger partial charge in [0.15, 0.2) is 5.79 Å². The van der Waals surface area contributed by atoms with Crippen LogP contribution in [0, 0.1) is 0 Å². The summed E-state index contributed by atoms with van der Waals surface area (Å²) >= 11 is 0. The predicted molar refractivity (Wildman–Crippen MR) is 58.8 cm³/mol. The van der Waals surface area contributed by atoms with Crippen molar-refractivity contribution in [2.45, 2.75) is 44.9 Å². The van der Waals surface area contributed by atoms with Gasteiger partial charge in [-0.3, -0.25) is 0 Å². The molecule has 16 heavy (non-hydrogen) atoms. The van der Waals surface area contributed by atoms with E-state index in [1.165, 1.54) is 19.2 Å². The number of nitrogens with zero attached hydrogens (tertiary/aromatic N) is 3. The molecular formula is C11H19N3O2. The zero-order chi connectivity index (χ0) is 11.3. The second-order valence-corrected chi connectivity index (χ2v) is 4.16. The zero-order valence-electron chi connectivity index (χ0n) is 9.76. The third-order valence-electron chi connectivity index (χ3n) is 2.84. The Labute approximate surface area is 95.8 Å². The lowest BCUT2D eigenvalue weighted by molar-refractivity contribution is -0.174. The molecule has 0 spiro atoms. The number of rotatable bonds is 6. The van der Waals surface area contributed by atoms with Crippen molar-refractivity contribution < 1.29 is 9.47 Å². The van der Waals surface area contributed by atoms with Gasteiger partial charge < -0.3 is 9.47 Å². The Morgan fingerprint density at radius 2 is 2.12 bits per heavy atom. The van der Waals surface area contributed by atoms with E-state index in [0.29, 0.717) is 19.8 Å². The van der Waals surface area contributed by atoms with Crippen LogP contribution < -0.4 is 0 Å². The average molecular weight is 225 g/mol. The van der Waals surface area contributed by atoms with Gasteiger partial charge in [-0.05, 0) is 6.42 Å². The minimum absolute atomic E-state index is 0.469. The summed E-state index contributed by atoms with van der Waals surface area (Å²) in [4.78, 5) is 3.93. The van der Waals surface area contributed by atoms with Crippen molar-refractivity contribution in [1.82, 2.24) is 14.8 Å². The molecule has 0 saturated carbocycles. The highest BCUT2D eigenvalue weighted by Crippen LogP contribution is 2.27. The van der Waals surface area contributed by atoms with Crippen LogP contribution in [0.5, 0.6) is 0 Å². The van der Waals surface area contributed by atoms with Crippen LogP contribution >= 0.6 is 0 Å². The van der Waals surface area contributed by atoms with Crippen molar-refractivity contribution in [2.24, 2.45) is 0 Å². The van der Waals surface area contributed by atoms with E-state index in [1.54, 1.807) is 11.0 Å². The fraction of sp³-hybridized carbons (Fsp3) is 0.818. The third-order valence-corrected chi connectivity index (χ3v) is 2.84. The first-order valence-corrected chi connectivity index (χ1v) is 5.95. The van der Waals surface area contributed by atoms with E-state index in [9.17, 15) is 0 Å². The molecule has 0 aromatic carbocycles. The van der Waals surface area contributed by atoms with Gasteiger partial charge in [-0.25, -0.2) is 9.67 Å². The van der Waals surface area contributed by atoms with Gasteiger partial charge in [0.05, 0.1) is 19.8 Å².